The Morgan fingerprint density at radius 1 is 1.12 bits per heavy atom. The summed E-state index contributed by atoms with van der Waals surface area (Å²) in [5.74, 6) is -2.50. The Morgan fingerprint density at radius 3 is 2.33 bits per heavy atom. The minimum absolute atomic E-state index is 0.401. The van der Waals surface area contributed by atoms with Gasteiger partial charge in [-0.2, -0.15) is 0 Å². The highest BCUT2D eigenvalue weighted by molar-refractivity contribution is 5.93. The molecule has 0 saturated carbocycles. The molecule has 1 atom stereocenters. The van der Waals surface area contributed by atoms with Gasteiger partial charge in [0.15, 0.2) is 6.61 Å². The van der Waals surface area contributed by atoms with Crippen molar-refractivity contribution in [2.75, 3.05) is 20.3 Å². The number of esters is 3. The highest BCUT2D eigenvalue weighted by atomic mass is 16.6. The van der Waals surface area contributed by atoms with Crippen LogP contribution in [0.25, 0.3) is 0 Å². The Bertz CT molecular complexity index is 533. The molecule has 24 heavy (non-hydrogen) atoms. The molecule has 0 unspecified atom stereocenters. The van der Waals surface area contributed by atoms with E-state index in [-0.39, 0.29) is 0 Å². The molecular weight excluding hydrogens is 318 g/mol. The molecule has 1 fully saturated rings. The Morgan fingerprint density at radius 2 is 1.75 bits per heavy atom. The Kier molecular flexibility index (Phi) is 6.94. The molecule has 0 aliphatic carbocycles. The second kappa shape index (κ2) is 8.47. The molecule has 1 saturated heterocycles. The molecule has 0 aromatic carbocycles. The lowest BCUT2D eigenvalue weighted by atomic mass is 10.1. The van der Waals surface area contributed by atoms with Crippen LogP contribution in [0.2, 0.25) is 0 Å². The minimum Gasteiger partial charge on any atom is -0.466 e. The van der Waals surface area contributed by atoms with E-state index >= 15 is 0 Å². The van der Waals surface area contributed by atoms with E-state index in [2.05, 4.69) is 4.74 Å². The van der Waals surface area contributed by atoms with Gasteiger partial charge in [0.25, 0.3) is 5.91 Å². The number of rotatable bonds is 5. The SMILES string of the molecule is COC(=O)/C=C/C(=O)OCC(=O)N1CCC[C@H]1C(=O)OC(C)(C)C. The number of carbonyl (C=O) groups excluding carboxylic acids is 4. The van der Waals surface area contributed by atoms with Crippen molar-refractivity contribution in [3.63, 3.8) is 0 Å². The molecule has 0 aromatic heterocycles. The number of carbonyl (C=O) groups is 4. The van der Waals surface area contributed by atoms with Gasteiger partial charge in [0.05, 0.1) is 7.11 Å². The largest absolute Gasteiger partial charge is 0.466 e. The average molecular weight is 341 g/mol. The maximum atomic E-state index is 12.1. The van der Waals surface area contributed by atoms with Gasteiger partial charge in [0.2, 0.25) is 0 Å². The van der Waals surface area contributed by atoms with E-state index in [0.717, 1.165) is 12.2 Å². The highest BCUT2D eigenvalue weighted by Crippen LogP contribution is 2.21. The summed E-state index contributed by atoms with van der Waals surface area (Å²) in [5, 5.41) is 0. The van der Waals surface area contributed by atoms with E-state index in [1.165, 1.54) is 12.0 Å². The van der Waals surface area contributed by atoms with Crippen molar-refractivity contribution in [1.29, 1.82) is 0 Å². The van der Waals surface area contributed by atoms with Crippen molar-refractivity contribution < 1.29 is 33.4 Å². The van der Waals surface area contributed by atoms with Gasteiger partial charge >= 0.3 is 17.9 Å². The molecule has 1 rings (SSSR count). The fourth-order valence-electron chi connectivity index (χ4n) is 2.15. The first-order valence-electron chi connectivity index (χ1n) is 7.59. The molecule has 8 heteroatoms. The van der Waals surface area contributed by atoms with Gasteiger partial charge in [0.1, 0.15) is 11.6 Å². The van der Waals surface area contributed by atoms with Gasteiger partial charge in [-0.3, -0.25) is 4.79 Å². The van der Waals surface area contributed by atoms with Crippen LogP contribution in [0.15, 0.2) is 12.2 Å². The lowest BCUT2D eigenvalue weighted by Gasteiger charge is -2.27. The second-order valence-electron chi connectivity index (χ2n) is 6.24. The van der Waals surface area contributed by atoms with Gasteiger partial charge in [-0.25, -0.2) is 14.4 Å². The third-order valence-electron chi connectivity index (χ3n) is 3.15. The fourth-order valence-corrected chi connectivity index (χ4v) is 2.15. The summed E-state index contributed by atoms with van der Waals surface area (Å²) in [6.07, 6.45) is 2.95. The van der Waals surface area contributed by atoms with Crippen molar-refractivity contribution in [3.05, 3.63) is 12.2 Å². The molecule has 8 nitrogen and oxygen atoms in total. The van der Waals surface area contributed by atoms with Crippen LogP contribution in [0, 0.1) is 0 Å². The van der Waals surface area contributed by atoms with Crippen molar-refractivity contribution in [3.8, 4) is 0 Å². The molecule has 0 spiro atoms. The van der Waals surface area contributed by atoms with E-state index in [1.54, 1.807) is 20.8 Å². The van der Waals surface area contributed by atoms with Crippen LogP contribution in [0.1, 0.15) is 33.6 Å². The summed E-state index contributed by atoms with van der Waals surface area (Å²) >= 11 is 0. The molecule has 1 amide bonds. The van der Waals surface area contributed by atoms with Crippen LogP contribution in [-0.2, 0) is 33.4 Å². The average Bonchev–Trinajstić information content (AvgIpc) is 2.98. The fraction of sp³-hybridized carbons (Fsp3) is 0.625. The summed E-state index contributed by atoms with van der Waals surface area (Å²) in [4.78, 5) is 47.9. The normalized spacial score (nSPS) is 17.7. The molecule has 0 bridgehead atoms. The summed E-state index contributed by atoms with van der Waals surface area (Å²) in [6, 6.07) is -0.666. The van der Waals surface area contributed by atoms with Crippen LogP contribution in [0.3, 0.4) is 0 Å². The summed E-state index contributed by atoms with van der Waals surface area (Å²) in [5.41, 5.74) is -0.639. The van der Waals surface area contributed by atoms with Crippen molar-refractivity contribution in [2.45, 2.75) is 45.3 Å². The zero-order chi connectivity index (χ0) is 18.3. The van der Waals surface area contributed by atoms with Gasteiger partial charge in [-0.05, 0) is 33.6 Å². The number of nitrogens with zero attached hydrogens (tertiary/aromatic N) is 1. The summed E-state index contributed by atoms with van der Waals surface area (Å²) in [7, 11) is 1.17. The highest BCUT2D eigenvalue weighted by Gasteiger charge is 2.37. The number of methoxy groups -OCH3 is 1. The Hall–Kier alpha value is -2.38. The van der Waals surface area contributed by atoms with Crippen LogP contribution >= 0.6 is 0 Å². The van der Waals surface area contributed by atoms with Gasteiger partial charge in [-0.1, -0.05) is 0 Å². The maximum absolute atomic E-state index is 12.1. The number of hydrogen-bond acceptors (Lipinski definition) is 7. The summed E-state index contributed by atoms with van der Waals surface area (Å²) < 4.78 is 14.4. The smallest absolute Gasteiger partial charge is 0.331 e. The Labute approximate surface area is 140 Å². The Balaban J connectivity index is 2.54. The molecule has 134 valence electrons. The molecule has 1 aliphatic rings. The van der Waals surface area contributed by atoms with E-state index in [1.807, 2.05) is 0 Å². The van der Waals surface area contributed by atoms with Crippen LogP contribution in [0.4, 0.5) is 0 Å². The van der Waals surface area contributed by atoms with E-state index in [0.29, 0.717) is 19.4 Å². The zero-order valence-electron chi connectivity index (χ0n) is 14.4. The summed E-state index contributed by atoms with van der Waals surface area (Å²) in [6.45, 7) is 5.15. The first-order valence-corrected chi connectivity index (χ1v) is 7.59. The van der Waals surface area contributed by atoms with Gasteiger partial charge in [0, 0.05) is 18.7 Å². The molecule has 0 N–H and O–H groups in total. The van der Waals surface area contributed by atoms with E-state index < -0.39 is 42.1 Å². The first-order chi connectivity index (χ1) is 11.1. The van der Waals surface area contributed by atoms with Crippen LogP contribution in [0.5, 0.6) is 0 Å². The molecular formula is C16H23NO7. The van der Waals surface area contributed by atoms with Gasteiger partial charge in [-0.15, -0.1) is 0 Å². The lowest BCUT2D eigenvalue weighted by Crippen LogP contribution is -2.45. The zero-order valence-corrected chi connectivity index (χ0v) is 14.4. The molecule has 1 heterocycles. The molecule has 1 aliphatic heterocycles. The van der Waals surface area contributed by atoms with Crippen molar-refractivity contribution in [2.24, 2.45) is 0 Å². The molecule has 0 radical (unpaired) electrons. The second-order valence-corrected chi connectivity index (χ2v) is 6.24. The monoisotopic (exact) mass is 341 g/mol. The number of likely N-dealkylation sites (tertiary alicyclic amines) is 1. The third kappa shape index (κ3) is 6.39. The maximum Gasteiger partial charge on any atom is 0.331 e. The van der Waals surface area contributed by atoms with Crippen LogP contribution in [-0.4, -0.2) is 60.6 Å². The molecule has 0 aromatic rings. The predicted octanol–water partition coefficient (Wildman–Crippen LogP) is 0.591. The first kappa shape index (κ1) is 19.7. The van der Waals surface area contributed by atoms with E-state index in [9.17, 15) is 19.2 Å². The topological polar surface area (TPSA) is 99.2 Å². The number of amides is 1. The quantitative estimate of drug-likeness (QED) is 0.410. The van der Waals surface area contributed by atoms with Crippen molar-refractivity contribution >= 4 is 23.8 Å². The number of hydrogen-bond donors (Lipinski definition) is 0. The van der Waals surface area contributed by atoms with Crippen LogP contribution < -0.4 is 0 Å². The van der Waals surface area contributed by atoms with E-state index in [4.69, 9.17) is 9.47 Å². The van der Waals surface area contributed by atoms with Crippen molar-refractivity contribution in [1.82, 2.24) is 4.90 Å². The predicted molar refractivity (Wildman–Crippen MR) is 82.7 cm³/mol. The minimum atomic E-state index is -0.846. The number of ether oxygens (including phenoxy) is 3. The standard InChI is InChI=1S/C16H23NO7/c1-16(2,3)24-15(21)11-6-5-9-17(11)12(18)10-23-14(20)8-7-13(19)22-4/h7-8,11H,5-6,9-10H2,1-4H3/b8-7+/t11-/m0/s1. The lowest BCUT2D eigenvalue weighted by molar-refractivity contribution is -0.164. The third-order valence-corrected chi connectivity index (χ3v) is 3.15. The van der Waals surface area contributed by atoms with Gasteiger partial charge < -0.3 is 19.1 Å².